The maximum Gasteiger partial charge on any atom is 0.0776 e. The number of aromatic amines is 1. The number of hydrogen-bond acceptors (Lipinski definition) is 2. The van der Waals surface area contributed by atoms with Crippen molar-refractivity contribution >= 4 is 16.6 Å². The van der Waals surface area contributed by atoms with E-state index in [1.807, 2.05) is 0 Å². The van der Waals surface area contributed by atoms with Gasteiger partial charge < -0.3 is 4.98 Å². The Morgan fingerprint density at radius 1 is 1.09 bits per heavy atom. The molecular weight excluding hydrogens is 270 g/mol. The summed E-state index contributed by atoms with van der Waals surface area (Å²) in [5, 5.41) is 8.27. The Morgan fingerprint density at radius 3 is 2.73 bits per heavy atom. The van der Waals surface area contributed by atoms with Gasteiger partial charge in [-0.15, -0.1) is 0 Å². The SMILES string of the molecule is CC1=NN(Cc2c[nH]c3ccccc23)C(c2ccccc2)C1. The van der Waals surface area contributed by atoms with Crippen molar-refractivity contribution in [1.29, 1.82) is 0 Å². The summed E-state index contributed by atoms with van der Waals surface area (Å²) in [5.74, 6) is 0. The highest BCUT2D eigenvalue weighted by Gasteiger charge is 2.26. The third-order valence-electron chi connectivity index (χ3n) is 4.34. The fourth-order valence-corrected chi connectivity index (χ4v) is 3.26. The number of hydrazone groups is 1. The lowest BCUT2D eigenvalue weighted by Crippen LogP contribution is -2.18. The number of H-pyrrole nitrogens is 1. The summed E-state index contributed by atoms with van der Waals surface area (Å²) in [6.45, 7) is 2.95. The largest absolute Gasteiger partial charge is 0.361 e. The number of benzene rings is 2. The van der Waals surface area contributed by atoms with Crippen LogP contribution in [0.4, 0.5) is 0 Å². The predicted octanol–water partition coefficient (Wildman–Crippen LogP) is 4.49. The molecule has 1 unspecified atom stereocenters. The van der Waals surface area contributed by atoms with Crippen molar-refractivity contribution in [3.8, 4) is 0 Å². The molecular formula is C19H19N3. The predicted molar refractivity (Wildman–Crippen MR) is 90.8 cm³/mol. The Hall–Kier alpha value is -2.55. The molecule has 0 bridgehead atoms. The van der Waals surface area contributed by atoms with Gasteiger partial charge in [0.2, 0.25) is 0 Å². The summed E-state index contributed by atoms with van der Waals surface area (Å²) >= 11 is 0. The maximum absolute atomic E-state index is 4.76. The van der Waals surface area contributed by atoms with E-state index in [0.29, 0.717) is 6.04 Å². The fourth-order valence-electron chi connectivity index (χ4n) is 3.26. The average molecular weight is 289 g/mol. The molecule has 1 aromatic heterocycles. The van der Waals surface area contributed by atoms with E-state index < -0.39 is 0 Å². The molecule has 1 N–H and O–H groups in total. The van der Waals surface area contributed by atoms with E-state index in [1.165, 1.54) is 27.7 Å². The maximum atomic E-state index is 4.76. The number of aromatic nitrogens is 1. The lowest BCUT2D eigenvalue weighted by atomic mass is 10.0. The summed E-state index contributed by atoms with van der Waals surface area (Å²) in [6, 6.07) is 19.4. The highest BCUT2D eigenvalue weighted by atomic mass is 15.5. The van der Waals surface area contributed by atoms with Gasteiger partial charge in [0.15, 0.2) is 0 Å². The van der Waals surface area contributed by atoms with Gasteiger partial charge in [0.05, 0.1) is 12.6 Å². The highest BCUT2D eigenvalue weighted by molar-refractivity contribution is 5.84. The Morgan fingerprint density at radius 2 is 1.86 bits per heavy atom. The molecule has 1 aliphatic heterocycles. The van der Waals surface area contributed by atoms with E-state index in [0.717, 1.165) is 13.0 Å². The molecule has 2 heterocycles. The summed E-state index contributed by atoms with van der Waals surface area (Å²) in [4.78, 5) is 3.35. The van der Waals surface area contributed by atoms with Gasteiger partial charge in [0, 0.05) is 29.2 Å². The van der Waals surface area contributed by atoms with Crippen molar-refractivity contribution in [3.63, 3.8) is 0 Å². The molecule has 3 nitrogen and oxygen atoms in total. The van der Waals surface area contributed by atoms with Gasteiger partial charge in [0.1, 0.15) is 0 Å². The van der Waals surface area contributed by atoms with Crippen LogP contribution in [-0.2, 0) is 6.54 Å². The zero-order valence-corrected chi connectivity index (χ0v) is 12.7. The molecule has 0 saturated heterocycles. The van der Waals surface area contributed by atoms with Crippen LogP contribution in [0.2, 0.25) is 0 Å². The number of fused-ring (bicyclic) bond motifs is 1. The fraction of sp³-hybridized carbons (Fsp3) is 0.211. The van der Waals surface area contributed by atoms with Crippen molar-refractivity contribution in [2.24, 2.45) is 5.10 Å². The Kier molecular flexibility index (Phi) is 3.19. The van der Waals surface area contributed by atoms with Gasteiger partial charge in [-0.2, -0.15) is 5.10 Å². The van der Waals surface area contributed by atoms with Crippen molar-refractivity contribution in [2.45, 2.75) is 25.9 Å². The monoisotopic (exact) mass is 289 g/mol. The molecule has 22 heavy (non-hydrogen) atoms. The first kappa shape index (κ1) is 13.1. The van der Waals surface area contributed by atoms with Gasteiger partial charge >= 0.3 is 0 Å². The first-order valence-corrected chi connectivity index (χ1v) is 7.72. The summed E-state index contributed by atoms with van der Waals surface area (Å²) in [6.07, 6.45) is 3.11. The molecule has 0 aliphatic carbocycles. The molecule has 0 radical (unpaired) electrons. The summed E-state index contributed by atoms with van der Waals surface area (Å²) < 4.78 is 0. The topological polar surface area (TPSA) is 31.4 Å². The number of nitrogens with zero attached hydrogens (tertiary/aromatic N) is 2. The van der Waals surface area contributed by atoms with Gasteiger partial charge in [0.25, 0.3) is 0 Å². The molecule has 0 amide bonds. The molecule has 1 atom stereocenters. The third kappa shape index (κ3) is 2.29. The number of hydrogen-bond donors (Lipinski definition) is 1. The van der Waals surface area contributed by atoms with E-state index in [2.05, 4.69) is 77.7 Å². The molecule has 1 aliphatic rings. The van der Waals surface area contributed by atoms with Gasteiger partial charge in [-0.25, -0.2) is 0 Å². The van der Waals surface area contributed by atoms with Crippen LogP contribution in [-0.4, -0.2) is 15.7 Å². The van der Waals surface area contributed by atoms with Crippen LogP contribution in [0.3, 0.4) is 0 Å². The highest BCUT2D eigenvalue weighted by Crippen LogP contribution is 2.33. The van der Waals surface area contributed by atoms with Crippen LogP contribution < -0.4 is 0 Å². The smallest absolute Gasteiger partial charge is 0.0776 e. The van der Waals surface area contributed by atoms with Gasteiger partial charge in [-0.05, 0) is 24.1 Å². The Bertz CT molecular complexity index is 817. The summed E-state index contributed by atoms with van der Waals surface area (Å²) in [7, 11) is 0. The van der Waals surface area contributed by atoms with Crippen LogP contribution in [0.5, 0.6) is 0 Å². The van der Waals surface area contributed by atoms with Gasteiger partial charge in [-0.3, -0.25) is 5.01 Å². The average Bonchev–Trinajstić information content (AvgIpc) is 3.13. The third-order valence-corrected chi connectivity index (χ3v) is 4.34. The van der Waals surface area contributed by atoms with E-state index in [9.17, 15) is 0 Å². The van der Waals surface area contributed by atoms with Crippen LogP contribution in [0, 0.1) is 0 Å². The van der Waals surface area contributed by atoms with Crippen LogP contribution in [0.15, 0.2) is 65.9 Å². The minimum absolute atomic E-state index is 0.342. The minimum Gasteiger partial charge on any atom is -0.361 e. The molecule has 0 saturated carbocycles. The van der Waals surface area contributed by atoms with E-state index >= 15 is 0 Å². The van der Waals surface area contributed by atoms with Crippen LogP contribution >= 0.6 is 0 Å². The number of para-hydroxylation sites is 1. The van der Waals surface area contributed by atoms with Crippen molar-refractivity contribution in [3.05, 3.63) is 71.9 Å². The Balaban J connectivity index is 1.65. The zero-order chi connectivity index (χ0) is 14.9. The second-order valence-electron chi connectivity index (χ2n) is 5.92. The molecule has 3 heteroatoms. The minimum atomic E-state index is 0.342. The second-order valence-corrected chi connectivity index (χ2v) is 5.92. The number of rotatable bonds is 3. The molecule has 4 rings (SSSR count). The van der Waals surface area contributed by atoms with E-state index in [1.54, 1.807) is 0 Å². The van der Waals surface area contributed by atoms with Crippen LogP contribution in [0.25, 0.3) is 10.9 Å². The molecule has 3 aromatic rings. The van der Waals surface area contributed by atoms with E-state index in [4.69, 9.17) is 5.10 Å². The normalized spacial score (nSPS) is 18.0. The first-order valence-electron chi connectivity index (χ1n) is 7.72. The molecule has 2 aromatic carbocycles. The summed E-state index contributed by atoms with van der Waals surface area (Å²) in [5.41, 5.74) is 5.03. The molecule has 0 spiro atoms. The molecule has 0 fully saturated rings. The van der Waals surface area contributed by atoms with Crippen LogP contribution in [0.1, 0.15) is 30.5 Å². The van der Waals surface area contributed by atoms with E-state index in [-0.39, 0.29) is 0 Å². The standard InChI is InChI=1S/C19H19N3/c1-14-11-19(15-7-3-2-4-8-15)22(21-14)13-16-12-20-18-10-6-5-9-17(16)18/h2-10,12,19-20H,11,13H2,1H3. The quantitative estimate of drug-likeness (QED) is 0.756. The number of nitrogens with one attached hydrogen (secondary N) is 1. The van der Waals surface area contributed by atoms with Crippen molar-refractivity contribution < 1.29 is 0 Å². The second kappa shape index (κ2) is 5.34. The zero-order valence-electron chi connectivity index (χ0n) is 12.7. The van der Waals surface area contributed by atoms with Crippen molar-refractivity contribution in [1.82, 2.24) is 9.99 Å². The first-order chi connectivity index (χ1) is 10.8. The lowest BCUT2D eigenvalue weighted by molar-refractivity contribution is 0.225. The van der Waals surface area contributed by atoms with Crippen molar-refractivity contribution in [2.75, 3.05) is 0 Å². The Labute approximate surface area is 130 Å². The molecule has 110 valence electrons. The lowest BCUT2D eigenvalue weighted by Gasteiger charge is -2.23. The van der Waals surface area contributed by atoms with Gasteiger partial charge in [-0.1, -0.05) is 48.5 Å².